The van der Waals surface area contributed by atoms with Gasteiger partial charge >= 0.3 is 11.9 Å². The topological polar surface area (TPSA) is 61.8 Å². The lowest BCUT2D eigenvalue weighted by Crippen LogP contribution is -2.30. The Morgan fingerprint density at radius 2 is 0.662 bits per heavy atom. The van der Waals surface area contributed by atoms with Crippen molar-refractivity contribution < 1.29 is 23.8 Å². The summed E-state index contributed by atoms with van der Waals surface area (Å²) >= 11 is 0. The summed E-state index contributed by atoms with van der Waals surface area (Å²) in [5.74, 6) is -0.480. The first-order valence-corrected chi connectivity index (χ1v) is 29.5. The molecule has 0 radical (unpaired) electrons. The molecule has 0 saturated carbocycles. The van der Waals surface area contributed by atoms with Crippen LogP contribution in [0.3, 0.4) is 0 Å². The molecule has 0 aliphatic heterocycles. The Hall–Kier alpha value is -2.66. The van der Waals surface area contributed by atoms with Crippen molar-refractivity contribution in [2.75, 3.05) is 19.8 Å². The third-order valence-electron chi connectivity index (χ3n) is 12.8. The van der Waals surface area contributed by atoms with Crippen LogP contribution in [0.15, 0.2) is 72.9 Å². The zero-order valence-corrected chi connectivity index (χ0v) is 45.4. The molecule has 0 spiro atoms. The smallest absolute Gasteiger partial charge is 0.306 e. The standard InChI is InChI=1S/C63H112O5/c1-4-7-10-13-16-19-22-25-28-30-32-33-36-38-41-44-47-50-53-56-62(64)67-60-61(68-63(65)57-54-51-48-45-42-39-35-27-24-21-18-15-12-9-6-3)59-66-58-55-52-49-46-43-40-37-34-31-29-26-23-20-17-14-11-8-5-2/h7,10,16,19,25,28,32-33,38,41,47,50,61H,4-6,8-9,11-15,17-18,20-24,26-27,29-31,34-37,39-40,42-46,48-49,51-60H2,1-3H3/b10-7-,19-16-,28-25-,33-32-,41-38-,50-47-. The van der Waals surface area contributed by atoms with Gasteiger partial charge in [0.1, 0.15) is 6.61 Å². The molecule has 0 aromatic carbocycles. The highest BCUT2D eigenvalue weighted by Gasteiger charge is 2.17. The predicted molar refractivity (Wildman–Crippen MR) is 297 cm³/mol. The van der Waals surface area contributed by atoms with Crippen molar-refractivity contribution in [3.63, 3.8) is 0 Å². The molecule has 1 unspecified atom stereocenters. The number of ether oxygens (including phenoxy) is 3. The van der Waals surface area contributed by atoms with Crippen LogP contribution in [0.25, 0.3) is 0 Å². The largest absolute Gasteiger partial charge is 0.462 e. The highest BCUT2D eigenvalue weighted by molar-refractivity contribution is 5.70. The summed E-state index contributed by atoms with van der Waals surface area (Å²) < 4.78 is 17.4. The lowest BCUT2D eigenvalue weighted by Gasteiger charge is -2.18. The second-order valence-corrected chi connectivity index (χ2v) is 19.5. The van der Waals surface area contributed by atoms with Crippen LogP contribution in [0.5, 0.6) is 0 Å². The summed E-state index contributed by atoms with van der Waals surface area (Å²) in [6.07, 6.45) is 76.5. The number of hydrogen-bond acceptors (Lipinski definition) is 5. The average Bonchev–Trinajstić information content (AvgIpc) is 3.34. The van der Waals surface area contributed by atoms with Gasteiger partial charge in [-0.1, -0.05) is 293 Å². The molecule has 0 amide bonds. The normalized spacial score (nSPS) is 12.7. The molecule has 5 heteroatoms. The Balaban J connectivity index is 4.35. The summed E-state index contributed by atoms with van der Waals surface area (Å²) in [4.78, 5) is 25.5. The molecule has 68 heavy (non-hydrogen) atoms. The van der Waals surface area contributed by atoms with E-state index in [-0.39, 0.29) is 25.2 Å². The van der Waals surface area contributed by atoms with Gasteiger partial charge in [0.2, 0.25) is 0 Å². The molecule has 0 N–H and O–H groups in total. The molecular formula is C63H112O5. The summed E-state index contributed by atoms with van der Waals surface area (Å²) in [5.41, 5.74) is 0. The maximum atomic E-state index is 12.9. The monoisotopic (exact) mass is 949 g/mol. The van der Waals surface area contributed by atoms with Gasteiger partial charge in [0, 0.05) is 19.4 Å². The Labute approximate surface area is 423 Å². The van der Waals surface area contributed by atoms with Gasteiger partial charge in [-0.2, -0.15) is 0 Å². The van der Waals surface area contributed by atoms with Crippen molar-refractivity contribution in [2.45, 2.75) is 297 Å². The fourth-order valence-electron chi connectivity index (χ4n) is 8.42. The van der Waals surface area contributed by atoms with Gasteiger partial charge in [-0.25, -0.2) is 0 Å². The van der Waals surface area contributed by atoms with Crippen molar-refractivity contribution >= 4 is 11.9 Å². The van der Waals surface area contributed by atoms with Crippen LogP contribution >= 0.6 is 0 Å². The van der Waals surface area contributed by atoms with Crippen LogP contribution in [-0.4, -0.2) is 37.9 Å². The van der Waals surface area contributed by atoms with Crippen LogP contribution in [0, 0.1) is 0 Å². The van der Waals surface area contributed by atoms with Gasteiger partial charge in [-0.05, 0) is 57.8 Å². The first-order valence-electron chi connectivity index (χ1n) is 29.5. The van der Waals surface area contributed by atoms with E-state index in [1.54, 1.807) is 0 Å². The Morgan fingerprint density at radius 1 is 0.338 bits per heavy atom. The Bertz CT molecular complexity index is 1210. The van der Waals surface area contributed by atoms with Gasteiger partial charge in [-0.3, -0.25) is 9.59 Å². The molecule has 5 nitrogen and oxygen atoms in total. The van der Waals surface area contributed by atoms with Crippen LogP contribution in [0.2, 0.25) is 0 Å². The van der Waals surface area contributed by atoms with E-state index in [2.05, 4.69) is 87.6 Å². The van der Waals surface area contributed by atoms with E-state index in [1.807, 2.05) is 6.08 Å². The highest BCUT2D eigenvalue weighted by atomic mass is 16.6. The lowest BCUT2D eigenvalue weighted by atomic mass is 10.0. The Kier molecular flexibility index (Phi) is 56.4. The molecule has 0 aromatic heterocycles. The van der Waals surface area contributed by atoms with Crippen LogP contribution in [-0.2, 0) is 23.8 Å². The molecule has 0 fully saturated rings. The molecule has 0 aromatic rings. The van der Waals surface area contributed by atoms with Crippen LogP contribution in [0.4, 0.5) is 0 Å². The second-order valence-electron chi connectivity index (χ2n) is 19.5. The van der Waals surface area contributed by atoms with Crippen LogP contribution in [0.1, 0.15) is 290 Å². The minimum absolute atomic E-state index is 0.0479. The minimum atomic E-state index is -0.566. The van der Waals surface area contributed by atoms with Crippen molar-refractivity contribution in [3.05, 3.63) is 72.9 Å². The van der Waals surface area contributed by atoms with E-state index < -0.39 is 6.10 Å². The number of carbonyl (C=O) groups is 2. The Morgan fingerprint density at radius 3 is 1.03 bits per heavy atom. The SMILES string of the molecule is CC/C=C\C/C=C\C/C=C\C/C=C\C/C=C\C/C=C\CCC(=O)OCC(COCCCCCCCCCCCCCCCCCCCC)OC(=O)CCCCCCCCCCCCCCCCC. The fraction of sp³-hybridized carbons (Fsp3) is 0.778. The average molecular weight is 950 g/mol. The predicted octanol–water partition coefficient (Wildman–Crippen LogP) is 20.2. The molecule has 0 aliphatic rings. The van der Waals surface area contributed by atoms with Crippen molar-refractivity contribution in [1.82, 2.24) is 0 Å². The number of esters is 2. The summed E-state index contributed by atoms with van der Waals surface area (Å²) in [6.45, 7) is 7.69. The molecule has 0 saturated heterocycles. The van der Waals surface area contributed by atoms with Gasteiger partial charge in [-0.15, -0.1) is 0 Å². The number of rotatable bonds is 54. The lowest BCUT2D eigenvalue weighted by molar-refractivity contribution is -0.162. The third kappa shape index (κ3) is 55.9. The van der Waals surface area contributed by atoms with Gasteiger partial charge in [0.05, 0.1) is 6.61 Å². The van der Waals surface area contributed by atoms with E-state index in [1.165, 1.54) is 186 Å². The first kappa shape index (κ1) is 65.3. The number of hydrogen-bond donors (Lipinski definition) is 0. The van der Waals surface area contributed by atoms with Gasteiger partial charge < -0.3 is 14.2 Å². The van der Waals surface area contributed by atoms with E-state index >= 15 is 0 Å². The number of carbonyl (C=O) groups excluding carboxylic acids is 2. The van der Waals surface area contributed by atoms with Crippen molar-refractivity contribution in [2.24, 2.45) is 0 Å². The molecule has 0 rings (SSSR count). The second kappa shape index (κ2) is 58.7. The first-order chi connectivity index (χ1) is 33.6. The summed E-state index contributed by atoms with van der Waals surface area (Å²) in [7, 11) is 0. The quantitative estimate of drug-likeness (QED) is 0.0345. The molecule has 1 atom stereocenters. The maximum Gasteiger partial charge on any atom is 0.306 e. The summed E-state index contributed by atoms with van der Waals surface area (Å²) in [5, 5.41) is 0. The van der Waals surface area contributed by atoms with E-state index in [0.717, 1.165) is 64.2 Å². The molecular weight excluding hydrogens is 837 g/mol. The molecule has 0 aliphatic carbocycles. The summed E-state index contributed by atoms with van der Waals surface area (Å²) in [6, 6.07) is 0. The van der Waals surface area contributed by atoms with E-state index in [4.69, 9.17) is 14.2 Å². The zero-order valence-electron chi connectivity index (χ0n) is 45.4. The zero-order chi connectivity index (χ0) is 49.2. The number of allylic oxidation sites excluding steroid dienone is 12. The molecule has 0 bridgehead atoms. The van der Waals surface area contributed by atoms with Crippen molar-refractivity contribution in [1.29, 1.82) is 0 Å². The highest BCUT2D eigenvalue weighted by Crippen LogP contribution is 2.16. The van der Waals surface area contributed by atoms with E-state index in [0.29, 0.717) is 25.9 Å². The fourth-order valence-corrected chi connectivity index (χ4v) is 8.42. The van der Waals surface area contributed by atoms with Gasteiger partial charge in [0.15, 0.2) is 6.10 Å². The molecule has 0 heterocycles. The number of unbranched alkanes of at least 4 members (excludes halogenated alkanes) is 31. The van der Waals surface area contributed by atoms with E-state index in [9.17, 15) is 9.59 Å². The van der Waals surface area contributed by atoms with Crippen molar-refractivity contribution in [3.8, 4) is 0 Å². The maximum absolute atomic E-state index is 12.9. The molecule has 394 valence electrons. The van der Waals surface area contributed by atoms with Crippen LogP contribution < -0.4 is 0 Å². The van der Waals surface area contributed by atoms with Gasteiger partial charge in [0.25, 0.3) is 0 Å². The third-order valence-corrected chi connectivity index (χ3v) is 12.8. The minimum Gasteiger partial charge on any atom is -0.462 e.